The first kappa shape index (κ1) is 17.5. The van der Waals surface area contributed by atoms with Crippen molar-refractivity contribution in [2.24, 2.45) is 0 Å². The van der Waals surface area contributed by atoms with Crippen LogP contribution in [0.15, 0.2) is 0 Å². The molecule has 0 heterocycles. The first-order chi connectivity index (χ1) is 8.32. The molecular weight excluding hydrogens is 264 g/mol. The molecule has 4 nitrogen and oxygen atoms in total. The number of hydrogen-bond donors (Lipinski definition) is 3. The lowest BCUT2D eigenvalue weighted by molar-refractivity contribution is -0.127. The summed E-state index contributed by atoms with van der Waals surface area (Å²) in [6.07, 6.45) is 3.17. The molecular formula is C12H26N2O2SSi. The molecule has 0 saturated carbocycles. The minimum Gasteiger partial charge on any atom is -0.357 e. The molecule has 6 heteroatoms. The van der Waals surface area contributed by atoms with E-state index in [1.54, 1.807) is 0 Å². The summed E-state index contributed by atoms with van der Waals surface area (Å²) < 4.78 is 0. The highest BCUT2D eigenvalue weighted by Gasteiger charge is 2.23. The second kappa shape index (κ2) is 8.58. The number of hydrogen-bond acceptors (Lipinski definition) is 3. The molecule has 2 N–H and O–H groups in total. The average Bonchev–Trinajstić information content (AvgIpc) is 2.30. The molecule has 0 fully saturated rings. The highest BCUT2D eigenvalue weighted by atomic mass is 32.1. The smallest absolute Gasteiger partial charge is 0.243 e. The van der Waals surface area contributed by atoms with E-state index in [9.17, 15) is 9.59 Å². The second-order valence-corrected chi connectivity index (χ2v) is 11.0. The summed E-state index contributed by atoms with van der Waals surface area (Å²) in [5, 5.41) is 5.54. The van der Waals surface area contributed by atoms with E-state index in [1.807, 2.05) is 0 Å². The standard InChI is InChI=1S/C12H26N2O2SSi/c1-5-6-7-18(3,4)9-13-12(16)11(8-17)14-10(2)15/h11,17H,5-9H2,1-4H3,(H,13,16)(H,14,15)/t11-/m0/s1. The number of unbranched alkanes of at least 4 members (excludes halogenated alkanes) is 1. The van der Waals surface area contributed by atoms with E-state index < -0.39 is 14.1 Å². The lowest BCUT2D eigenvalue weighted by Gasteiger charge is -2.24. The number of thiol groups is 1. The van der Waals surface area contributed by atoms with Gasteiger partial charge in [-0.05, 0) is 0 Å². The minimum atomic E-state index is -1.36. The minimum absolute atomic E-state index is 0.128. The lowest BCUT2D eigenvalue weighted by atomic mass is 10.3. The van der Waals surface area contributed by atoms with E-state index >= 15 is 0 Å². The van der Waals surface area contributed by atoms with Crippen molar-refractivity contribution >= 4 is 32.5 Å². The van der Waals surface area contributed by atoms with E-state index in [2.05, 4.69) is 43.3 Å². The fourth-order valence-electron chi connectivity index (χ4n) is 1.63. The van der Waals surface area contributed by atoms with Gasteiger partial charge in [-0.2, -0.15) is 12.6 Å². The van der Waals surface area contributed by atoms with E-state index in [-0.39, 0.29) is 11.8 Å². The quantitative estimate of drug-likeness (QED) is 0.469. The van der Waals surface area contributed by atoms with Crippen LogP contribution < -0.4 is 10.6 Å². The van der Waals surface area contributed by atoms with Crippen LogP contribution in [0, 0.1) is 0 Å². The zero-order valence-electron chi connectivity index (χ0n) is 11.9. The Kier molecular flexibility index (Phi) is 8.35. The maximum atomic E-state index is 11.9. The van der Waals surface area contributed by atoms with Gasteiger partial charge in [-0.25, -0.2) is 0 Å². The molecule has 0 aliphatic heterocycles. The first-order valence-corrected chi connectivity index (χ1v) is 10.5. The van der Waals surface area contributed by atoms with Crippen molar-refractivity contribution in [1.29, 1.82) is 0 Å². The van der Waals surface area contributed by atoms with Crippen LogP contribution in [0.3, 0.4) is 0 Å². The second-order valence-electron chi connectivity index (χ2n) is 5.42. The molecule has 1 atom stereocenters. The third-order valence-electron chi connectivity index (χ3n) is 2.82. The van der Waals surface area contributed by atoms with Gasteiger partial charge in [0.1, 0.15) is 6.04 Å². The zero-order valence-corrected chi connectivity index (χ0v) is 13.8. The van der Waals surface area contributed by atoms with Crippen molar-refractivity contribution in [3.63, 3.8) is 0 Å². The summed E-state index contributed by atoms with van der Waals surface area (Å²) in [5.74, 6) is -0.00788. The van der Waals surface area contributed by atoms with E-state index in [4.69, 9.17) is 0 Å². The Morgan fingerprint density at radius 1 is 1.33 bits per heavy atom. The maximum Gasteiger partial charge on any atom is 0.243 e. The molecule has 0 aromatic carbocycles. The molecule has 0 saturated heterocycles. The third-order valence-corrected chi connectivity index (χ3v) is 6.03. The van der Waals surface area contributed by atoms with Gasteiger partial charge in [-0.15, -0.1) is 0 Å². The van der Waals surface area contributed by atoms with Gasteiger partial charge >= 0.3 is 0 Å². The summed E-state index contributed by atoms with van der Waals surface area (Å²) in [6.45, 7) is 8.13. The monoisotopic (exact) mass is 290 g/mol. The Hall–Kier alpha value is -0.493. The predicted molar refractivity (Wildman–Crippen MR) is 81.7 cm³/mol. The molecule has 0 spiro atoms. The number of rotatable bonds is 8. The molecule has 0 aromatic rings. The molecule has 2 amide bonds. The van der Waals surface area contributed by atoms with Crippen LogP contribution in [-0.4, -0.2) is 37.9 Å². The largest absolute Gasteiger partial charge is 0.357 e. The SMILES string of the molecule is CCCC[Si](C)(C)CNC(=O)[C@H](CS)NC(C)=O. The summed E-state index contributed by atoms with van der Waals surface area (Å²) in [4.78, 5) is 22.8. The number of carbonyl (C=O) groups is 2. The van der Waals surface area contributed by atoms with Crippen molar-refractivity contribution in [3.05, 3.63) is 0 Å². The van der Waals surface area contributed by atoms with Gasteiger partial charge in [0.25, 0.3) is 0 Å². The zero-order chi connectivity index (χ0) is 14.2. The Morgan fingerprint density at radius 2 is 1.94 bits per heavy atom. The van der Waals surface area contributed by atoms with Gasteiger partial charge in [0, 0.05) is 18.8 Å². The van der Waals surface area contributed by atoms with E-state index in [0.717, 1.165) is 6.17 Å². The van der Waals surface area contributed by atoms with Crippen LogP contribution in [0.5, 0.6) is 0 Å². The number of carbonyl (C=O) groups excluding carboxylic acids is 2. The molecule has 0 aromatic heterocycles. The molecule has 106 valence electrons. The molecule has 0 radical (unpaired) electrons. The maximum absolute atomic E-state index is 11.9. The average molecular weight is 291 g/mol. The van der Waals surface area contributed by atoms with Crippen molar-refractivity contribution < 1.29 is 9.59 Å². The van der Waals surface area contributed by atoms with Gasteiger partial charge in [0.2, 0.25) is 11.8 Å². The fourth-order valence-corrected chi connectivity index (χ4v) is 4.03. The summed E-state index contributed by atoms with van der Waals surface area (Å²) in [7, 11) is -1.36. The van der Waals surface area contributed by atoms with Crippen molar-refractivity contribution in [2.75, 3.05) is 11.9 Å². The van der Waals surface area contributed by atoms with Crippen LogP contribution in [0.1, 0.15) is 26.7 Å². The van der Waals surface area contributed by atoms with Crippen LogP contribution in [0.2, 0.25) is 19.1 Å². The summed E-state index contributed by atoms with van der Waals surface area (Å²) in [5.41, 5.74) is 0. The van der Waals surface area contributed by atoms with Crippen molar-refractivity contribution in [2.45, 2.75) is 51.9 Å². The van der Waals surface area contributed by atoms with Gasteiger partial charge < -0.3 is 10.6 Å². The molecule has 0 aliphatic carbocycles. The van der Waals surface area contributed by atoms with Crippen LogP contribution in [0.25, 0.3) is 0 Å². The van der Waals surface area contributed by atoms with Gasteiger partial charge in [0.05, 0.1) is 8.07 Å². The molecule has 18 heavy (non-hydrogen) atoms. The lowest BCUT2D eigenvalue weighted by Crippen LogP contribution is -2.51. The van der Waals surface area contributed by atoms with Gasteiger partial charge in [-0.1, -0.05) is 38.9 Å². The molecule has 0 rings (SSSR count). The Morgan fingerprint density at radius 3 is 2.39 bits per heavy atom. The summed E-state index contributed by atoms with van der Waals surface area (Å²) in [6, 6.07) is 0.692. The van der Waals surface area contributed by atoms with Crippen LogP contribution in [0.4, 0.5) is 0 Å². The highest BCUT2D eigenvalue weighted by molar-refractivity contribution is 7.80. The third kappa shape index (κ3) is 7.76. The molecule has 0 unspecified atom stereocenters. The Labute approximate surface area is 117 Å². The van der Waals surface area contributed by atoms with E-state index in [0.29, 0.717) is 5.75 Å². The Bertz CT molecular complexity index is 285. The highest BCUT2D eigenvalue weighted by Crippen LogP contribution is 2.12. The van der Waals surface area contributed by atoms with Crippen LogP contribution >= 0.6 is 12.6 Å². The van der Waals surface area contributed by atoms with Crippen molar-refractivity contribution in [1.82, 2.24) is 10.6 Å². The van der Waals surface area contributed by atoms with Crippen LogP contribution in [-0.2, 0) is 9.59 Å². The first-order valence-electron chi connectivity index (χ1n) is 6.48. The number of nitrogens with one attached hydrogen (secondary N) is 2. The van der Waals surface area contributed by atoms with Crippen molar-refractivity contribution in [3.8, 4) is 0 Å². The predicted octanol–water partition coefficient (Wildman–Crippen LogP) is 1.58. The topological polar surface area (TPSA) is 58.2 Å². The normalized spacial score (nSPS) is 12.9. The molecule has 0 bridgehead atoms. The number of amides is 2. The van der Waals surface area contributed by atoms with Gasteiger partial charge in [-0.3, -0.25) is 9.59 Å². The summed E-state index contributed by atoms with van der Waals surface area (Å²) >= 11 is 4.09. The molecule has 0 aliphatic rings. The van der Waals surface area contributed by atoms with E-state index in [1.165, 1.54) is 25.8 Å². The van der Waals surface area contributed by atoms with Gasteiger partial charge in [0.15, 0.2) is 0 Å². The fraction of sp³-hybridized carbons (Fsp3) is 0.833. The Balaban J connectivity index is 4.17.